The Balaban J connectivity index is 1.66. The Labute approximate surface area is 171 Å². The maximum atomic E-state index is 13.0. The number of hydrogen-bond acceptors (Lipinski definition) is 3. The molecule has 2 unspecified atom stereocenters. The van der Waals surface area contributed by atoms with Crippen LogP contribution >= 0.6 is 0 Å². The number of esters is 1. The van der Waals surface area contributed by atoms with Crippen LogP contribution in [0.25, 0.3) is 5.57 Å². The molecule has 3 heteroatoms. The Morgan fingerprint density at radius 3 is 2.10 bits per heavy atom. The average molecular weight is 381 g/mol. The third kappa shape index (κ3) is 3.23. The molecule has 2 aliphatic heterocycles. The molecule has 0 saturated carbocycles. The van der Waals surface area contributed by atoms with Gasteiger partial charge in [0.15, 0.2) is 6.23 Å². The van der Waals surface area contributed by atoms with Gasteiger partial charge in [-0.3, -0.25) is 0 Å². The van der Waals surface area contributed by atoms with Gasteiger partial charge in [0.05, 0.1) is 11.6 Å². The molecule has 2 aliphatic rings. The van der Waals surface area contributed by atoms with Crippen LogP contribution in [-0.2, 0) is 9.53 Å². The molecule has 2 atom stereocenters. The van der Waals surface area contributed by atoms with Crippen molar-refractivity contribution in [2.24, 2.45) is 0 Å². The van der Waals surface area contributed by atoms with Crippen molar-refractivity contribution in [2.45, 2.75) is 31.5 Å². The predicted molar refractivity (Wildman–Crippen MR) is 115 cm³/mol. The highest BCUT2D eigenvalue weighted by Gasteiger charge is 2.42. The molecule has 5 rings (SSSR count). The number of anilines is 1. The third-order valence-electron chi connectivity index (χ3n) is 5.86. The van der Waals surface area contributed by atoms with Crippen LogP contribution in [0.15, 0.2) is 96.6 Å². The lowest BCUT2D eigenvalue weighted by molar-refractivity contribution is -0.138. The van der Waals surface area contributed by atoms with Crippen molar-refractivity contribution in [3.05, 3.63) is 108 Å². The number of carbonyl (C=O) groups excluding carboxylic acids is 1. The summed E-state index contributed by atoms with van der Waals surface area (Å²) in [6, 6.07) is 30.9. The van der Waals surface area contributed by atoms with E-state index in [9.17, 15) is 4.79 Å². The molecule has 0 aliphatic carbocycles. The SMILES string of the molecule is O=C1OC2C(=C1c1ccccc1)CCCC(c1ccccc1)N2c1ccccc1. The largest absolute Gasteiger partial charge is 0.434 e. The summed E-state index contributed by atoms with van der Waals surface area (Å²) in [6.45, 7) is 0. The fraction of sp³-hybridized carbons (Fsp3) is 0.192. The van der Waals surface area contributed by atoms with Crippen LogP contribution in [0.4, 0.5) is 5.69 Å². The molecule has 3 nitrogen and oxygen atoms in total. The lowest BCUT2D eigenvalue weighted by Gasteiger charge is -2.36. The summed E-state index contributed by atoms with van der Waals surface area (Å²) in [4.78, 5) is 15.3. The molecular weight excluding hydrogens is 358 g/mol. The van der Waals surface area contributed by atoms with E-state index in [0.717, 1.165) is 41.7 Å². The third-order valence-corrected chi connectivity index (χ3v) is 5.86. The Hall–Kier alpha value is -3.33. The topological polar surface area (TPSA) is 29.5 Å². The molecule has 2 heterocycles. The van der Waals surface area contributed by atoms with Crippen LogP contribution in [0.1, 0.15) is 36.4 Å². The number of nitrogens with zero attached hydrogens (tertiary/aromatic N) is 1. The first kappa shape index (κ1) is 17.7. The summed E-state index contributed by atoms with van der Waals surface area (Å²) in [5.74, 6) is -0.217. The lowest BCUT2D eigenvalue weighted by atomic mass is 9.97. The van der Waals surface area contributed by atoms with Gasteiger partial charge in [-0.2, -0.15) is 0 Å². The standard InChI is InChI=1S/C26H23NO2/c28-26-24(20-13-6-2-7-14-20)22-17-10-18-23(19-11-4-1-5-12-19)27(25(22)29-26)21-15-8-3-9-16-21/h1-9,11-16,23,25H,10,17-18H2. The number of ether oxygens (including phenoxy) is 1. The van der Waals surface area contributed by atoms with Crippen molar-refractivity contribution in [3.8, 4) is 0 Å². The van der Waals surface area contributed by atoms with Gasteiger partial charge in [0.2, 0.25) is 0 Å². The number of rotatable bonds is 3. The number of carbonyl (C=O) groups is 1. The van der Waals surface area contributed by atoms with Gasteiger partial charge >= 0.3 is 5.97 Å². The molecule has 1 saturated heterocycles. The summed E-state index contributed by atoms with van der Waals surface area (Å²) >= 11 is 0. The van der Waals surface area contributed by atoms with Crippen LogP contribution in [0.5, 0.6) is 0 Å². The van der Waals surface area contributed by atoms with Gasteiger partial charge in [0.25, 0.3) is 0 Å². The minimum Gasteiger partial charge on any atom is -0.434 e. The highest BCUT2D eigenvalue weighted by atomic mass is 16.6. The van der Waals surface area contributed by atoms with Crippen molar-refractivity contribution in [3.63, 3.8) is 0 Å². The van der Waals surface area contributed by atoms with Gasteiger partial charge in [-0.05, 0) is 42.5 Å². The maximum Gasteiger partial charge on any atom is 0.341 e. The van der Waals surface area contributed by atoms with Crippen molar-refractivity contribution in [1.29, 1.82) is 0 Å². The summed E-state index contributed by atoms with van der Waals surface area (Å²) in [6.07, 6.45) is 2.53. The molecule has 0 amide bonds. The Kier molecular flexibility index (Phi) is 4.65. The van der Waals surface area contributed by atoms with Crippen LogP contribution in [0, 0.1) is 0 Å². The van der Waals surface area contributed by atoms with E-state index in [-0.39, 0.29) is 18.2 Å². The molecule has 3 aromatic carbocycles. The van der Waals surface area contributed by atoms with E-state index >= 15 is 0 Å². The second kappa shape index (κ2) is 7.59. The van der Waals surface area contributed by atoms with Gasteiger partial charge in [0.1, 0.15) is 0 Å². The molecule has 0 N–H and O–H groups in total. The van der Waals surface area contributed by atoms with Crippen LogP contribution in [-0.4, -0.2) is 12.2 Å². The van der Waals surface area contributed by atoms with E-state index in [4.69, 9.17) is 4.74 Å². The van der Waals surface area contributed by atoms with E-state index in [1.807, 2.05) is 54.6 Å². The Morgan fingerprint density at radius 2 is 1.41 bits per heavy atom. The zero-order valence-electron chi connectivity index (χ0n) is 16.2. The smallest absolute Gasteiger partial charge is 0.341 e. The second-order valence-corrected chi connectivity index (χ2v) is 7.59. The van der Waals surface area contributed by atoms with Crippen LogP contribution in [0.2, 0.25) is 0 Å². The molecule has 0 spiro atoms. The molecule has 1 fully saturated rings. The Morgan fingerprint density at radius 1 is 0.793 bits per heavy atom. The van der Waals surface area contributed by atoms with E-state index in [1.54, 1.807) is 0 Å². The summed E-state index contributed by atoms with van der Waals surface area (Å²) in [7, 11) is 0. The first-order valence-electron chi connectivity index (χ1n) is 10.2. The highest BCUT2D eigenvalue weighted by molar-refractivity contribution is 6.19. The number of hydrogen-bond donors (Lipinski definition) is 0. The molecule has 0 bridgehead atoms. The molecule has 3 aromatic rings. The van der Waals surface area contributed by atoms with Crippen LogP contribution < -0.4 is 4.90 Å². The Bertz CT molecular complexity index is 1030. The summed E-state index contributed by atoms with van der Waals surface area (Å²) in [5, 5.41) is 0. The monoisotopic (exact) mass is 381 g/mol. The molecule has 0 radical (unpaired) electrons. The van der Waals surface area contributed by atoms with Crippen LogP contribution in [0.3, 0.4) is 0 Å². The average Bonchev–Trinajstić information content (AvgIpc) is 2.99. The summed E-state index contributed by atoms with van der Waals surface area (Å²) < 4.78 is 6.04. The van der Waals surface area contributed by atoms with E-state index in [2.05, 4.69) is 41.3 Å². The fourth-order valence-corrected chi connectivity index (χ4v) is 4.57. The second-order valence-electron chi connectivity index (χ2n) is 7.59. The number of fused-ring (bicyclic) bond motifs is 1. The number of benzene rings is 3. The van der Waals surface area contributed by atoms with Crippen molar-refractivity contribution < 1.29 is 9.53 Å². The fourth-order valence-electron chi connectivity index (χ4n) is 4.57. The minimum absolute atomic E-state index is 0.157. The lowest BCUT2D eigenvalue weighted by Crippen LogP contribution is -2.39. The first-order valence-corrected chi connectivity index (χ1v) is 10.2. The van der Waals surface area contributed by atoms with Gasteiger partial charge in [0, 0.05) is 11.3 Å². The van der Waals surface area contributed by atoms with Crippen molar-refractivity contribution >= 4 is 17.2 Å². The number of para-hydroxylation sites is 1. The molecule has 0 aromatic heterocycles. The van der Waals surface area contributed by atoms with E-state index in [1.165, 1.54) is 5.56 Å². The van der Waals surface area contributed by atoms with Gasteiger partial charge in [-0.25, -0.2) is 4.79 Å². The normalized spacial score (nSPS) is 21.5. The zero-order valence-corrected chi connectivity index (χ0v) is 16.2. The molecule has 29 heavy (non-hydrogen) atoms. The van der Waals surface area contributed by atoms with Gasteiger partial charge < -0.3 is 9.64 Å². The van der Waals surface area contributed by atoms with Crippen molar-refractivity contribution in [1.82, 2.24) is 0 Å². The maximum absolute atomic E-state index is 13.0. The predicted octanol–water partition coefficient (Wildman–Crippen LogP) is 5.75. The quantitative estimate of drug-likeness (QED) is 0.541. The molecular formula is C26H23NO2. The first-order chi connectivity index (χ1) is 14.3. The zero-order chi connectivity index (χ0) is 19.6. The van der Waals surface area contributed by atoms with Crippen molar-refractivity contribution in [2.75, 3.05) is 4.90 Å². The van der Waals surface area contributed by atoms with E-state index in [0.29, 0.717) is 0 Å². The molecule has 144 valence electrons. The summed E-state index contributed by atoms with van der Waals surface area (Å²) in [5.41, 5.74) is 5.12. The minimum atomic E-state index is -0.368. The van der Waals surface area contributed by atoms with E-state index < -0.39 is 0 Å². The van der Waals surface area contributed by atoms with Gasteiger partial charge in [-0.1, -0.05) is 78.9 Å². The highest BCUT2D eigenvalue weighted by Crippen LogP contribution is 2.44. The van der Waals surface area contributed by atoms with Gasteiger partial charge in [-0.15, -0.1) is 0 Å².